The van der Waals surface area contributed by atoms with E-state index in [0.29, 0.717) is 23.4 Å². The average molecular weight is 385 g/mol. The van der Waals surface area contributed by atoms with Crippen LogP contribution in [0.4, 0.5) is 0 Å². The van der Waals surface area contributed by atoms with E-state index in [0.717, 1.165) is 9.65 Å². The van der Waals surface area contributed by atoms with Crippen molar-refractivity contribution in [3.8, 4) is 0 Å². The summed E-state index contributed by atoms with van der Waals surface area (Å²) in [4.78, 5) is 0.128. The quantitative estimate of drug-likeness (QED) is 0.854. The van der Waals surface area contributed by atoms with Crippen molar-refractivity contribution >= 4 is 20.3 Å². The van der Waals surface area contributed by atoms with Crippen molar-refractivity contribution in [1.82, 2.24) is 13.9 Å². The van der Waals surface area contributed by atoms with E-state index in [4.69, 9.17) is 0 Å². The molecular weight excluding hydrogens is 366 g/mol. The normalized spacial score (nSPS) is 20.5. The zero-order chi connectivity index (χ0) is 18.4. The SMILES string of the molecule is Cc1ccc(S(=O)(=O)n2nc(C)c([C@@H]3CCOS(=O)(=O)N3)c2C)cc1. The molecule has 1 N–H and O–H groups in total. The Labute approximate surface area is 147 Å². The summed E-state index contributed by atoms with van der Waals surface area (Å²) in [6, 6.07) is 5.91. The molecule has 0 bridgehead atoms. The lowest BCUT2D eigenvalue weighted by molar-refractivity contribution is 0.257. The summed E-state index contributed by atoms with van der Waals surface area (Å²) >= 11 is 0. The summed E-state index contributed by atoms with van der Waals surface area (Å²) in [6.45, 7) is 5.18. The first-order valence-electron chi connectivity index (χ1n) is 7.67. The van der Waals surface area contributed by atoms with Crippen molar-refractivity contribution in [3.05, 3.63) is 46.8 Å². The van der Waals surface area contributed by atoms with Crippen LogP contribution in [0.15, 0.2) is 29.2 Å². The van der Waals surface area contributed by atoms with Gasteiger partial charge >= 0.3 is 10.3 Å². The summed E-state index contributed by atoms with van der Waals surface area (Å²) < 4.78 is 57.1. The molecule has 3 rings (SSSR count). The molecule has 10 heteroatoms. The Morgan fingerprint density at radius 3 is 2.44 bits per heavy atom. The monoisotopic (exact) mass is 385 g/mol. The Morgan fingerprint density at radius 1 is 1.20 bits per heavy atom. The second kappa shape index (κ2) is 6.20. The second-order valence-corrected chi connectivity index (χ2v) is 9.13. The molecule has 1 atom stereocenters. The van der Waals surface area contributed by atoms with Crippen LogP contribution in [0.2, 0.25) is 0 Å². The maximum Gasteiger partial charge on any atom is 0.336 e. The van der Waals surface area contributed by atoms with Gasteiger partial charge in [0.15, 0.2) is 0 Å². The predicted octanol–water partition coefficient (Wildman–Crippen LogP) is 1.34. The maximum absolute atomic E-state index is 12.9. The third kappa shape index (κ3) is 3.34. The van der Waals surface area contributed by atoms with Crippen LogP contribution >= 0.6 is 0 Å². The second-order valence-electron chi connectivity index (χ2n) is 5.98. The van der Waals surface area contributed by atoms with Gasteiger partial charge in [-0.15, -0.1) is 0 Å². The molecule has 1 fully saturated rings. The molecule has 2 heterocycles. The third-order valence-corrected chi connectivity index (χ3v) is 6.86. The first-order chi connectivity index (χ1) is 11.6. The lowest BCUT2D eigenvalue weighted by atomic mass is 10.0. The fraction of sp³-hybridized carbons (Fsp3) is 0.400. The summed E-state index contributed by atoms with van der Waals surface area (Å²) in [5.74, 6) is 0. The fourth-order valence-corrected chi connectivity index (χ4v) is 5.26. The number of nitrogens with zero attached hydrogens (tertiary/aromatic N) is 2. The van der Waals surface area contributed by atoms with E-state index in [1.54, 1.807) is 26.0 Å². The van der Waals surface area contributed by atoms with Crippen molar-refractivity contribution in [2.45, 2.75) is 38.1 Å². The molecule has 1 saturated heterocycles. The zero-order valence-electron chi connectivity index (χ0n) is 14.1. The molecule has 1 aliphatic heterocycles. The minimum Gasteiger partial charge on any atom is -0.258 e. The number of hydrogen-bond acceptors (Lipinski definition) is 6. The number of hydrogen-bond donors (Lipinski definition) is 1. The molecule has 25 heavy (non-hydrogen) atoms. The zero-order valence-corrected chi connectivity index (χ0v) is 15.7. The minimum atomic E-state index is -3.86. The largest absolute Gasteiger partial charge is 0.336 e. The van der Waals surface area contributed by atoms with Crippen LogP contribution < -0.4 is 4.72 Å². The van der Waals surface area contributed by atoms with Crippen LogP contribution in [0.5, 0.6) is 0 Å². The summed E-state index contributed by atoms with van der Waals surface area (Å²) in [5, 5.41) is 4.16. The highest BCUT2D eigenvalue weighted by atomic mass is 32.2. The molecule has 0 radical (unpaired) electrons. The Hall–Kier alpha value is -1.75. The number of nitrogens with one attached hydrogen (secondary N) is 1. The van der Waals surface area contributed by atoms with Crippen LogP contribution in [0, 0.1) is 20.8 Å². The van der Waals surface area contributed by atoms with Crippen molar-refractivity contribution in [3.63, 3.8) is 0 Å². The van der Waals surface area contributed by atoms with Gasteiger partial charge in [0.05, 0.1) is 28.9 Å². The van der Waals surface area contributed by atoms with Gasteiger partial charge in [0.25, 0.3) is 10.0 Å². The molecule has 2 aromatic rings. The summed E-state index contributed by atoms with van der Waals surface area (Å²) in [7, 11) is -7.69. The van der Waals surface area contributed by atoms with Gasteiger partial charge in [0, 0.05) is 5.56 Å². The Bertz CT molecular complexity index is 1010. The molecule has 0 aliphatic carbocycles. The first-order valence-corrected chi connectivity index (χ1v) is 10.5. The highest BCUT2D eigenvalue weighted by molar-refractivity contribution is 7.89. The summed E-state index contributed by atoms with van der Waals surface area (Å²) in [6.07, 6.45) is 0.400. The van der Waals surface area contributed by atoms with Crippen molar-refractivity contribution in [2.75, 3.05) is 6.61 Å². The van der Waals surface area contributed by atoms with E-state index in [1.165, 1.54) is 12.1 Å². The topological polar surface area (TPSA) is 107 Å². The van der Waals surface area contributed by atoms with Crippen molar-refractivity contribution < 1.29 is 21.0 Å². The molecule has 0 amide bonds. The molecule has 8 nitrogen and oxygen atoms in total. The Balaban J connectivity index is 2.06. The van der Waals surface area contributed by atoms with Crippen LogP contribution in [0.25, 0.3) is 0 Å². The van der Waals surface area contributed by atoms with Gasteiger partial charge in [-0.1, -0.05) is 17.7 Å². The third-order valence-electron chi connectivity index (χ3n) is 4.13. The van der Waals surface area contributed by atoms with Crippen molar-refractivity contribution in [2.24, 2.45) is 0 Å². The smallest absolute Gasteiger partial charge is 0.258 e. The lowest BCUT2D eigenvalue weighted by Crippen LogP contribution is -2.36. The van der Waals surface area contributed by atoms with Crippen LogP contribution in [0.3, 0.4) is 0 Å². The molecule has 136 valence electrons. The van der Waals surface area contributed by atoms with Gasteiger partial charge in [-0.05, 0) is 39.3 Å². The van der Waals surface area contributed by atoms with Crippen LogP contribution in [-0.4, -0.2) is 32.6 Å². The van der Waals surface area contributed by atoms with E-state index in [1.807, 2.05) is 6.92 Å². The first kappa shape index (κ1) is 18.1. The predicted molar refractivity (Wildman–Crippen MR) is 90.8 cm³/mol. The van der Waals surface area contributed by atoms with Crippen LogP contribution in [-0.2, 0) is 24.5 Å². The highest BCUT2D eigenvalue weighted by Gasteiger charge is 2.32. The van der Waals surface area contributed by atoms with Gasteiger partial charge in [-0.2, -0.15) is 30.7 Å². The van der Waals surface area contributed by atoms with E-state index >= 15 is 0 Å². The number of aryl methyl sites for hydroxylation is 2. The Kier molecular flexibility index (Phi) is 4.48. The number of aromatic nitrogens is 2. The standard InChI is InChI=1S/C15H19N3O5S2/c1-10-4-6-13(7-5-10)24(19,20)18-12(3)15(11(2)16-18)14-8-9-23-25(21,22)17-14/h4-7,14,17H,8-9H2,1-3H3/t14-/m0/s1. The minimum absolute atomic E-state index is 0.0365. The number of benzene rings is 1. The van der Waals surface area contributed by atoms with Gasteiger partial charge < -0.3 is 0 Å². The molecule has 1 aromatic heterocycles. The van der Waals surface area contributed by atoms with Gasteiger partial charge in [0.2, 0.25) is 0 Å². The highest BCUT2D eigenvalue weighted by Crippen LogP contribution is 2.29. The van der Waals surface area contributed by atoms with Crippen molar-refractivity contribution in [1.29, 1.82) is 0 Å². The molecular formula is C15H19N3O5S2. The average Bonchev–Trinajstić information content (AvgIpc) is 2.82. The molecule has 1 aliphatic rings. The van der Waals surface area contributed by atoms with E-state index in [9.17, 15) is 16.8 Å². The van der Waals surface area contributed by atoms with Gasteiger partial charge in [0.1, 0.15) is 0 Å². The van der Waals surface area contributed by atoms with E-state index in [2.05, 4.69) is 14.0 Å². The van der Waals surface area contributed by atoms with E-state index in [-0.39, 0.29) is 11.5 Å². The summed E-state index contributed by atoms with van der Waals surface area (Å²) in [5.41, 5.74) is 2.35. The van der Waals surface area contributed by atoms with Gasteiger partial charge in [-0.25, -0.2) is 0 Å². The molecule has 1 aromatic carbocycles. The maximum atomic E-state index is 12.9. The lowest BCUT2D eigenvalue weighted by Gasteiger charge is -2.23. The molecule has 0 unspecified atom stereocenters. The molecule has 0 spiro atoms. The van der Waals surface area contributed by atoms with E-state index < -0.39 is 26.4 Å². The number of rotatable bonds is 3. The van der Waals surface area contributed by atoms with Crippen LogP contribution in [0.1, 0.15) is 35.0 Å². The Morgan fingerprint density at radius 2 is 1.84 bits per heavy atom. The fourth-order valence-electron chi connectivity index (χ4n) is 2.92. The van der Waals surface area contributed by atoms with Gasteiger partial charge in [-0.3, -0.25) is 4.18 Å². The molecule has 0 saturated carbocycles.